The molecule has 3 aromatic rings. The Morgan fingerprint density at radius 3 is 2.39 bits per heavy atom. The summed E-state index contributed by atoms with van der Waals surface area (Å²) in [5.74, 6) is -1.60. The molecule has 4 rings (SSSR count). The van der Waals surface area contributed by atoms with E-state index in [0.717, 1.165) is 24.3 Å². The highest BCUT2D eigenvalue weighted by Crippen LogP contribution is 2.38. The largest absolute Gasteiger partial charge is 0.416 e. The Morgan fingerprint density at radius 2 is 1.76 bits per heavy atom. The molecule has 2 heterocycles. The van der Waals surface area contributed by atoms with Crippen molar-refractivity contribution >= 4 is 17.8 Å². The molecule has 2 aromatic carbocycles. The fourth-order valence-corrected chi connectivity index (χ4v) is 5.48. The van der Waals surface area contributed by atoms with Gasteiger partial charge in [-0.1, -0.05) is 55.5 Å². The van der Waals surface area contributed by atoms with Crippen LogP contribution in [0.4, 0.5) is 22.0 Å². The smallest absolute Gasteiger partial charge is 0.382 e. The third-order valence-electron chi connectivity index (χ3n) is 6.36. The van der Waals surface area contributed by atoms with Gasteiger partial charge in [0.2, 0.25) is 0 Å². The van der Waals surface area contributed by atoms with Gasteiger partial charge in [-0.2, -0.15) is 18.3 Å². The predicted molar refractivity (Wildman–Crippen MR) is 146 cm³/mol. The Balaban J connectivity index is 1.29. The van der Waals surface area contributed by atoms with E-state index < -0.39 is 40.5 Å². The van der Waals surface area contributed by atoms with Crippen LogP contribution in [0.25, 0.3) is 6.08 Å². The molecule has 1 aliphatic rings. The maximum absolute atomic E-state index is 14.7. The molecule has 0 aliphatic carbocycles. The lowest BCUT2D eigenvalue weighted by Crippen LogP contribution is -2.43. The molecule has 41 heavy (non-hydrogen) atoms. The number of hydrogen-bond donors (Lipinski definition) is 1. The van der Waals surface area contributed by atoms with Crippen molar-refractivity contribution in [3.8, 4) is 0 Å². The van der Waals surface area contributed by atoms with Crippen molar-refractivity contribution in [1.82, 2.24) is 14.8 Å². The molecule has 0 saturated carbocycles. The highest BCUT2D eigenvalue weighted by Gasteiger charge is 2.41. The van der Waals surface area contributed by atoms with Gasteiger partial charge in [-0.05, 0) is 29.8 Å². The summed E-state index contributed by atoms with van der Waals surface area (Å²) in [5.41, 5.74) is -1.84. The van der Waals surface area contributed by atoms with Gasteiger partial charge in [0.15, 0.2) is 6.29 Å². The Hall–Kier alpha value is -3.32. The summed E-state index contributed by atoms with van der Waals surface area (Å²) in [7, 11) is 0. The zero-order valence-electron chi connectivity index (χ0n) is 21.9. The summed E-state index contributed by atoms with van der Waals surface area (Å²) in [6.07, 6.45) is 8.05. The van der Waals surface area contributed by atoms with Crippen LogP contribution in [0, 0.1) is 11.6 Å². The van der Waals surface area contributed by atoms with Gasteiger partial charge in [0.1, 0.15) is 29.9 Å². The molecule has 0 bridgehead atoms. The third kappa shape index (κ3) is 8.35. The van der Waals surface area contributed by atoms with Gasteiger partial charge in [0, 0.05) is 16.9 Å². The van der Waals surface area contributed by atoms with E-state index in [1.807, 2.05) is 0 Å². The Bertz CT molecular complexity index is 1360. The molecule has 0 amide bonds. The minimum Gasteiger partial charge on any atom is -0.382 e. The lowest BCUT2D eigenvalue weighted by molar-refractivity contribution is -0.146. The van der Waals surface area contributed by atoms with Crippen molar-refractivity contribution in [3.63, 3.8) is 0 Å². The average Bonchev–Trinajstić information content (AvgIpc) is 3.44. The van der Waals surface area contributed by atoms with E-state index in [4.69, 9.17) is 9.47 Å². The molecule has 1 N–H and O–H groups in total. The van der Waals surface area contributed by atoms with Crippen LogP contribution >= 0.6 is 11.8 Å². The lowest BCUT2D eigenvalue weighted by atomic mass is 9.90. The van der Waals surface area contributed by atoms with Gasteiger partial charge >= 0.3 is 6.18 Å². The van der Waals surface area contributed by atoms with Crippen LogP contribution in [0.1, 0.15) is 23.6 Å². The molecule has 0 radical (unpaired) electrons. The maximum atomic E-state index is 14.7. The third-order valence-corrected chi connectivity index (χ3v) is 7.81. The fourth-order valence-electron chi connectivity index (χ4n) is 4.16. The van der Waals surface area contributed by atoms with E-state index in [2.05, 4.69) is 10.1 Å². The summed E-state index contributed by atoms with van der Waals surface area (Å²) in [6.45, 7) is 2.28. The second-order valence-corrected chi connectivity index (χ2v) is 11.0. The maximum Gasteiger partial charge on any atom is 0.416 e. The standard InChI is InChI=1S/C29H28F5N3O3S/c1-20(28(38,17-37-19-35-18-36-37)25-13-12-23(30)14-26(25)31)41-24-15-39-27(40-16-24)7-5-3-2-4-6-21-8-10-22(11-9-21)29(32,33)34/h2-14,18-20,24,27,38H,15-17H2,1H3/b3-2+,6-4+,7-5+/t20-,24?,27?,28-/m1/s1. The molecule has 1 saturated heterocycles. The minimum atomic E-state index is -4.36. The van der Waals surface area contributed by atoms with Crippen LogP contribution < -0.4 is 0 Å². The normalized spacial score (nSPS) is 20.7. The molecule has 218 valence electrons. The Labute approximate surface area is 238 Å². The van der Waals surface area contributed by atoms with Crippen LogP contribution in [0.5, 0.6) is 0 Å². The summed E-state index contributed by atoms with van der Waals surface area (Å²) >= 11 is 1.36. The zero-order valence-corrected chi connectivity index (χ0v) is 22.7. The SMILES string of the molecule is C[C@@H](SC1COC(/C=C/C=C/C=C/c2ccc(C(F)(F)F)cc2)OC1)[C@](O)(Cn1cncn1)c1ccc(F)cc1F. The number of aromatic nitrogens is 3. The quantitative estimate of drug-likeness (QED) is 0.225. The molecular formula is C29H28F5N3O3S. The fraction of sp³-hybridized carbons (Fsp3) is 0.310. The summed E-state index contributed by atoms with van der Waals surface area (Å²) in [6, 6.07) is 7.94. The summed E-state index contributed by atoms with van der Waals surface area (Å²) in [5, 5.41) is 15.0. The lowest BCUT2D eigenvalue weighted by Gasteiger charge is -2.37. The number of nitrogens with zero attached hydrogens (tertiary/aromatic N) is 3. The minimum absolute atomic E-state index is 0.0491. The Kier molecular flexibility index (Phi) is 10.1. The van der Waals surface area contributed by atoms with Crippen LogP contribution in [-0.4, -0.2) is 49.9 Å². The number of ether oxygens (including phenoxy) is 2. The second kappa shape index (κ2) is 13.6. The first-order chi connectivity index (χ1) is 19.5. The van der Waals surface area contributed by atoms with E-state index in [0.29, 0.717) is 18.8 Å². The van der Waals surface area contributed by atoms with Crippen molar-refractivity contribution in [1.29, 1.82) is 0 Å². The van der Waals surface area contributed by atoms with E-state index in [-0.39, 0.29) is 17.4 Å². The predicted octanol–water partition coefficient (Wildman–Crippen LogP) is 6.15. The first kappa shape index (κ1) is 30.6. The molecule has 12 heteroatoms. The Morgan fingerprint density at radius 1 is 1.05 bits per heavy atom. The van der Waals surface area contributed by atoms with Crippen molar-refractivity contribution < 1.29 is 36.5 Å². The van der Waals surface area contributed by atoms with Gasteiger partial charge in [0.25, 0.3) is 0 Å². The number of hydrogen-bond acceptors (Lipinski definition) is 6. The van der Waals surface area contributed by atoms with Gasteiger partial charge < -0.3 is 14.6 Å². The van der Waals surface area contributed by atoms with E-state index in [1.54, 1.807) is 43.4 Å². The number of halogens is 5. The van der Waals surface area contributed by atoms with Crippen molar-refractivity contribution in [2.24, 2.45) is 0 Å². The number of rotatable bonds is 10. The molecule has 0 unspecified atom stereocenters. The van der Waals surface area contributed by atoms with Gasteiger partial charge in [-0.15, -0.1) is 11.8 Å². The number of aliphatic hydroxyl groups is 1. The molecule has 1 fully saturated rings. The molecule has 1 aromatic heterocycles. The summed E-state index contributed by atoms with van der Waals surface area (Å²) in [4.78, 5) is 3.88. The van der Waals surface area contributed by atoms with Crippen molar-refractivity contribution in [3.05, 3.63) is 114 Å². The van der Waals surface area contributed by atoms with Crippen LogP contribution in [0.3, 0.4) is 0 Å². The monoisotopic (exact) mass is 593 g/mol. The number of alkyl halides is 3. The van der Waals surface area contributed by atoms with Crippen LogP contribution in [-0.2, 0) is 27.8 Å². The van der Waals surface area contributed by atoms with Crippen molar-refractivity contribution in [2.45, 2.75) is 42.0 Å². The highest BCUT2D eigenvalue weighted by molar-refractivity contribution is 8.00. The summed E-state index contributed by atoms with van der Waals surface area (Å²) < 4.78 is 79.1. The first-order valence-electron chi connectivity index (χ1n) is 12.6. The van der Waals surface area contributed by atoms with E-state index in [9.17, 15) is 27.1 Å². The average molecular weight is 594 g/mol. The van der Waals surface area contributed by atoms with Gasteiger partial charge in [-0.3, -0.25) is 0 Å². The van der Waals surface area contributed by atoms with Crippen molar-refractivity contribution in [2.75, 3.05) is 13.2 Å². The van der Waals surface area contributed by atoms with Gasteiger partial charge in [-0.25, -0.2) is 18.4 Å². The number of allylic oxidation sites excluding steroid dienone is 4. The molecule has 1 aliphatic heterocycles. The second-order valence-electron chi connectivity index (χ2n) is 9.33. The molecular weight excluding hydrogens is 565 g/mol. The molecule has 0 spiro atoms. The number of thioether (sulfide) groups is 1. The molecule has 2 atom stereocenters. The van der Waals surface area contributed by atoms with E-state index in [1.165, 1.54) is 47.3 Å². The topological polar surface area (TPSA) is 69.4 Å². The molecule has 6 nitrogen and oxygen atoms in total. The number of benzene rings is 2. The van der Waals surface area contributed by atoms with Crippen LogP contribution in [0.2, 0.25) is 0 Å². The van der Waals surface area contributed by atoms with E-state index >= 15 is 0 Å². The van der Waals surface area contributed by atoms with Crippen LogP contribution in [0.15, 0.2) is 85.5 Å². The zero-order chi connectivity index (χ0) is 29.5. The first-order valence-corrected chi connectivity index (χ1v) is 13.6. The highest BCUT2D eigenvalue weighted by atomic mass is 32.2. The van der Waals surface area contributed by atoms with Gasteiger partial charge in [0.05, 0.1) is 30.6 Å².